The van der Waals surface area contributed by atoms with Gasteiger partial charge in [-0.15, -0.1) is 0 Å². The smallest absolute Gasteiger partial charge is 0.141 e. The van der Waals surface area contributed by atoms with E-state index in [1.165, 1.54) is 6.07 Å². The predicted molar refractivity (Wildman–Crippen MR) is 82.2 cm³/mol. The monoisotopic (exact) mass is 289 g/mol. The normalized spacial score (nSPS) is 13.6. The Morgan fingerprint density at radius 2 is 1.95 bits per heavy atom. The third kappa shape index (κ3) is 3.16. The van der Waals surface area contributed by atoms with E-state index in [2.05, 4.69) is 5.32 Å². The lowest BCUT2D eigenvalue weighted by atomic mass is 9.91. The van der Waals surface area contributed by atoms with Crippen molar-refractivity contribution in [2.75, 3.05) is 19.0 Å². The summed E-state index contributed by atoms with van der Waals surface area (Å²) in [4.78, 5) is 0. The first-order valence-electron chi connectivity index (χ1n) is 6.79. The first-order valence-corrected chi connectivity index (χ1v) is 6.79. The number of aliphatic hydroxyl groups is 1. The number of halogens is 1. The zero-order valence-corrected chi connectivity index (χ0v) is 12.5. The van der Waals surface area contributed by atoms with Crippen molar-refractivity contribution in [2.24, 2.45) is 0 Å². The topological polar surface area (TPSA) is 41.5 Å². The maximum absolute atomic E-state index is 13.8. The fourth-order valence-corrected chi connectivity index (χ4v) is 2.18. The molecule has 0 aliphatic heterocycles. The van der Waals surface area contributed by atoms with Gasteiger partial charge < -0.3 is 15.2 Å². The van der Waals surface area contributed by atoms with E-state index in [1.54, 1.807) is 20.1 Å². The van der Waals surface area contributed by atoms with Crippen LogP contribution in [-0.2, 0) is 5.54 Å². The van der Waals surface area contributed by atoms with Gasteiger partial charge in [-0.25, -0.2) is 4.39 Å². The molecule has 0 aliphatic rings. The van der Waals surface area contributed by atoms with Gasteiger partial charge in [0.25, 0.3) is 0 Å². The minimum Gasteiger partial charge on any atom is -0.495 e. The van der Waals surface area contributed by atoms with Crippen molar-refractivity contribution in [1.29, 1.82) is 0 Å². The summed E-state index contributed by atoms with van der Waals surface area (Å²) in [6, 6.07) is 12.4. The second kappa shape index (κ2) is 6.14. The second-order valence-corrected chi connectivity index (χ2v) is 5.28. The lowest BCUT2D eigenvalue weighted by Crippen LogP contribution is -2.36. The minimum absolute atomic E-state index is 0.173. The molecule has 0 amide bonds. The third-order valence-electron chi connectivity index (χ3n) is 3.64. The third-order valence-corrected chi connectivity index (χ3v) is 3.64. The van der Waals surface area contributed by atoms with Crippen LogP contribution in [-0.4, -0.2) is 18.8 Å². The number of nitrogens with one attached hydrogen (secondary N) is 1. The van der Waals surface area contributed by atoms with Crippen molar-refractivity contribution in [3.8, 4) is 5.75 Å². The molecule has 0 fully saturated rings. The summed E-state index contributed by atoms with van der Waals surface area (Å²) in [5.41, 5.74) is 1.20. The number of methoxy groups -OCH3 is 1. The zero-order valence-electron chi connectivity index (χ0n) is 12.5. The van der Waals surface area contributed by atoms with Crippen LogP contribution in [0, 0.1) is 12.7 Å². The molecule has 2 N–H and O–H groups in total. The van der Waals surface area contributed by atoms with Crippen LogP contribution in [0.4, 0.5) is 10.1 Å². The van der Waals surface area contributed by atoms with E-state index in [9.17, 15) is 9.50 Å². The molecule has 0 saturated heterocycles. The number of aliphatic hydroxyl groups excluding tert-OH is 1. The first kappa shape index (κ1) is 15.3. The van der Waals surface area contributed by atoms with Gasteiger partial charge in [-0.1, -0.05) is 24.3 Å². The zero-order chi connectivity index (χ0) is 15.5. The molecular formula is C17H20FNO2. The number of hydrogen-bond donors (Lipinski definition) is 2. The average Bonchev–Trinajstić information content (AvgIpc) is 2.50. The fourth-order valence-electron chi connectivity index (χ4n) is 2.18. The summed E-state index contributed by atoms with van der Waals surface area (Å²) in [6.07, 6.45) is 0. The van der Waals surface area contributed by atoms with Gasteiger partial charge in [0.15, 0.2) is 0 Å². The summed E-state index contributed by atoms with van der Waals surface area (Å²) in [5, 5.41) is 13.0. The predicted octanol–water partition coefficient (Wildman–Crippen LogP) is 3.46. The Balaban J connectivity index is 2.39. The molecule has 0 radical (unpaired) electrons. The van der Waals surface area contributed by atoms with Crippen LogP contribution in [0.1, 0.15) is 18.1 Å². The van der Waals surface area contributed by atoms with Crippen LogP contribution in [0.3, 0.4) is 0 Å². The van der Waals surface area contributed by atoms with E-state index in [4.69, 9.17) is 4.74 Å². The average molecular weight is 289 g/mol. The van der Waals surface area contributed by atoms with Gasteiger partial charge in [0.1, 0.15) is 11.6 Å². The van der Waals surface area contributed by atoms with Crippen molar-refractivity contribution in [2.45, 2.75) is 19.4 Å². The maximum Gasteiger partial charge on any atom is 0.141 e. The molecule has 2 aromatic carbocycles. The number of hydrogen-bond acceptors (Lipinski definition) is 3. The number of anilines is 1. The van der Waals surface area contributed by atoms with Crippen molar-refractivity contribution in [3.63, 3.8) is 0 Å². The molecular weight excluding hydrogens is 269 g/mol. The molecule has 0 aliphatic carbocycles. The molecule has 3 nitrogen and oxygen atoms in total. The van der Waals surface area contributed by atoms with E-state index in [0.29, 0.717) is 16.9 Å². The molecule has 1 unspecified atom stereocenters. The molecule has 0 bridgehead atoms. The Kier molecular flexibility index (Phi) is 4.48. The summed E-state index contributed by atoms with van der Waals surface area (Å²) in [6.45, 7) is 3.36. The largest absolute Gasteiger partial charge is 0.495 e. The molecule has 0 saturated carbocycles. The molecule has 2 rings (SSSR count). The number of aryl methyl sites for hydroxylation is 1. The van der Waals surface area contributed by atoms with Crippen LogP contribution in [0.15, 0.2) is 42.5 Å². The molecule has 4 heteroatoms. The Hall–Kier alpha value is -2.07. The standard InChI is InChI=1S/C17H20FNO2/c1-12-8-9-13(10-14(12)18)17(2,11-20)19-15-6-4-5-7-16(15)21-3/h4-10,19-20H,11H2,1-3H3. The molecule has 0 spiro atoms. The summed E-state index contributed by atoms with van der Waals surface area (Å²) in [5.74, 6) is 0.388. The maximum atomic E-state index is 13.8. The van der Waals surface area contributed by atoms with Crippen LogP contribution in [0.25, 0.3) is 0 Å². The van der Waals surface area contributed by atoms with E-state index < -0.39 is 5.54 Å². The van der Waals surface area contributed by atoms with E-state index >= 15 is 0 Å². The molecule has 0 heterocycles. The Morgan fingerprint density at radius 1 is 1.24 bits per heavy atom. The van der Waals surface area contributed by atoms with Gasteiger partial charge in [0, 0.05) is 0 Å². The summed E-state index contributed by atoms with van der Waals surface area (Å²) < 4.78 is 19.1. The van der Waals surface area contributed by atoms with Crippen molar-refractivity contribution in [3.05, 3.63) is 59.4 Å². The Labute approximate surface area is 124 Å². The highest BCUT2D eigenvalue weighted by Crippen LogP contribution is 2.31. The number of para-hydroxylation sites is 2. The van der Waals surface area contributed by atoms with Crippen molar-refractivity contribution < 1.29 is 14.2 Å². The quantitative estimate of drug-likeness (QED) is 0.885. The van der Waals surface area contributed by atoms with Gasteiger partial charge >= 0.3 is 0 Å². The van der Waals surface area contributed by atoms with Crippen LogP contribution < -0.4 is 10.1 Å². The van der Waals surface area contributed by atoms with Crippen molar-refractivity contribution >= 4 is 5.69 Å². The summed E-state index contributed by atoms with van der Waals surface area (Å²) in [7, 11) is 1.59. The molecule has 21 heavy (non-hydrogen) atoms. The highest BCUT2D eigenvalue weighted by atomic mass is 19.1. The number of ether oxygens (including phenoxy) is 1. The lowest BCUT2D eigenvalue weighted by Gasteiger charge is -2.31. The molecule has 1 atom stereocenters. The molecule has 112 valence electrons. The highest BCUT2D eigenvalue weighted by molar-refractivity contribution is 5.58. The fraction of sp³-hybridized carbons (Fsp3) is 0.294. The van der Waals surface area contributed by atoms with Gasteiger partial charge in [0.05, 0.1) is 24.9 Å². The number of benzene rings is 2. The van der Waals surface area contributed by atoms with E-state index in [-0.39, 0.29) is 12.4 Å². The number of rotatable bonds is 5. The van der Waals surface area contributed by atoms with Crippen molar-refractivity contribution in [1.82, 2.24) is 0 Å². The van der Waals surface area contributed by atoms with Gasteiger partial charge in [-0.05, 0) is 43.2 Å². The van der Waals surface area contributed by atoms with E-state index in [1.807, 2.05) is 37.3 Å². The lowest BCUT2D eigenvalue weighted by molar-refractivity contribution is 0.223. The molecule has 0 aromatic heterocycles. The molecule has 2 aromatic rings. The second-order valence-electron chi connectivity index (χ2n) is 5.28. The van der Waals surface area contributed by atoms with Gasteiger partial charge in [0.2, 0.25) is 0 Å². The van der Waals surface area contributed by atoms with Crippen LogP contribution in [0.5, 0.6) is 5.75 Å². The van der Waals surface area contributed by atoms with Crippen LogP contribution >= 0.6 is 0 Å². The van der Waals surface area contributed by atoms with Gasteiger partial charge in [-0.2, -0.15) is 0 Å². The highest BCUT2D eigenvalue weighted by Gasteiger charge is 2.27. The van der Waals surface area contributed by atoms with E-state index in [0.717, 1.165) is 5.69 Å². The Bertz CT molecular complexity index is 630. The minimum atomic E-state index is -0.802. The summed E-state index contributed by atoms with van der Waals surface area (Å²) >= 11 is 0. The van der Waals surface area contributed by atoms with Crippen LogP contribution in [0.2, 0.25) is 0 Å². The van der Waals surface area contributed by atoms with Gasteiger partial charge in [-0.3, -0.25) is 0 Å². The first-order chi connectivity index (χ1) is 10.00. The SMILES string of the molecule is COc1ccccc1NC(C)(CO)c1ccc(C)c(F)c1. The Morgan fingerprint density at radius 3 is 2.57 bits per heavy atom.